The lowest BCUT2D eigenvalue weighted by Crippen LogP contribution is -2.26. The number of carbonyl (C=O) groups excluding carboxylic acids is 1. The Kier molecular flexibility index (Phi) is 7.23. The lowest BCUT2D eigenvalue weighted by atomic mass is 10.2. The molecule has 196 valence electrons. The molecule has 37 heavy (non-hydrogen) atoms. The first kappa shape index (κ1) is 26.2. The van der Waals surface area contributed by atoms with Crippen LogP contribution in [-0.4, -0.2) is 48.3 Å². The number of nitrogens with zero attached hydrogens (tertiary/aromatic N) is 2. The summed E-state index contributed by atoms with van der Waals surface area (Å²) >= 11 is 0. The lowest BCUT2D eigenvalue weighted by molar-refractivity contribution is -0.118. The maximum absolute atomic E-state index is 13.3. The van der Waals surface area contributed by atoms with Gasteiger partial charge in [0.25, 0.3) is 0 Å². The smallest absolute Gasteiger partial charge is 0.356 e. The molecule has 12 heteroatoms. The highest BCUT2D eigenvalue weighted by Gasteiger charge is 2.31. The van der Waals surface area contributed by atoms with Crippen LogP contribution < -0.4 is 19.5 Å². The van der Waals surface area contributed by atoms with Crippen molar-refractivity contribution in [3.63, 3.8) is 0 Å². The van der Waals surface area contributed by atoms with Crippen LogP contribution in [0.5, 0.6) is 17.4 Å². The van der Waals surface area contributed by atoms with Crippen molar-refractivity contribution in [3.8, 4) is 23.1 Å². The molecule has 0 radical (unpaired) electrons. The van der Waals surface area contributed by atoms with Crippen LogP contribution >= 0.6 is 0 Å². The van der Waals surface area contributed by atoms with E-state index in [0.29, 0.717) is 11.4 Å². The van der Waals surface area contributed by atoms with Gasteiger partial charge in [-0.25, -0.2) is 17.9 Å². The predicted molar refractivity (Wildman–Crippen MR) is 135 cm³/mol. The molecule has 1 aromatic heterocycles. The Balaban J connectivity index is 1.81. The third-order valence-corrected chi connectivity index (χ3v) is 7.26. The van der Waals surface area contributed by atoms with Gasteiger partial charge in [0.15, 0.2) is 5.69 Å². The van der Waals surface area contributed by atoms with Crippen LogP contribution in [0.3, 0.4) is 0 Å². The third kappa shape index (κ3) is 5.75. The number of methoxy groups -OCH3 is 1. The molecule has 1 heterocycles. The summed E-state index contributed by atoms with van der Waals surface area (Å²) in [5.41, 5.74) is 0.729. The minimum Gasteiger partial charge on any atom is -0.497 e. The number of nitrogens with one attached hydrogen (secondary N) is 2. The Morgan fingerprint density at radius 3 is 2.38 bits per heavy atom. The number of benzene rings is 2. The van der Waals surface area contributed by atoms with E-state index >= 15 is 0 Å². The summed E-state index contributed by atoms with van der Waals surface area (Å²) in [4.78, 5) is 23.8. The van der Waals surface area contributed by atoms with E-state index in [-0.39, 0.29) is 51.3 Å². The molecule has 3 aromatic rings. The monoisotopic (exact) mass is 528 g/mol. The highest BCUT2D eigenvalue weighted by atomic mass is 32.2. The summed E-state index contributed by atoms with van der Waals surface area (Å²) in [5, 5.41) is 16.5. The van der Waals surface area contributed by atoms with Gasteiger partial charge in [-0.15, -0.1) is 0 Å². The second-order valence-electron chi connectivity index (χ2n) is 9.00. The van der Waals surface area contributed by atoms with E-state index in [2.05, 4.69) is 15.1 Å². The quantitative estimate of drug-likeness (QED) is 0.361. The molecule has 1 saturated carbocycles. The third-order valence-electron chi connectivity index (χ3n) is 5.72. The van der Waals surface area contributed by atoms with E-state index in [1.165, 1.54) is 36.9 Å². The second kappa shape index (κ2) is 10.2. The average Bonchev–Trinajstić information content (AvgIpc) is 3.60. The molecule has 0 aliphatic heterocycles. The Bertz CT molecular complexity index is 1440. The number of carbonyl (C=O) groups is 2. The molecule has 1 fully saturated rings. The predicted octanol–water partition coefficient (Wildman–Crippen LogP) is 3.72. The van der Waals surface area contributed by atoms with E-state index in [9.17, 15) is 23.1 Å². The number of rotatable bonds is 10. The van der Waals surface area contributed by atoms with E-state index in [0.717, 1.165) is 12.8 Å². The van der Waals surface area contributed by atoms with Gasteiger partial charge >= 0.3 is 5.97 Å². The van der Waals surface area contributed by atoms with Crippen LogP contribution in [0.25, 0.3) is 5.69 Å². The molecule has 0 unspecified atom stereocenters. The normalized spacial score (nSPS) is 13.4. The molecule has 4 rings (SSSR count). The minimum absolute atomic E-state index is 0.0319. The standard InChI is InChI=1S/C25H28N4O7S/c1-14(2)23(30)26-17-7-12-20(21(13-17)37(33,34)28-16-5-6-16)36-24-15(3)22(25(31)32)27-29(24)18-8-10-19(35-4)11-9-18/h7-14,16,28H,5-6H2,1-4H3,(H,26,30)(H,31,32). The highest BCUT2D eigenvalue weighted by Crippen LogP contribution is 2.36. The first-order valence-electron chi connectivity index (χ1n) is 11.6. The molecule has 2 aromatic carbocycles. The van der Waals surface area contributed by atoms with Crippen molar-refractivity contribution in [3.05, 3.63) is 53.7 Å². The highest BCUT2D eigenvalue weighted by molar-refractivity contribution is 7.89. The van der Waals surface area contributed by atoms with Gasteiger partial charge < -0.3 is 19.9 Å². The van der Waals surface area contributed by atoms with Crippen molar-refractivity contribution in [1.82, 2.24) is 14.5 Å². The maximum Gasteiger partial charge on any atom is 0.356 e. The number of sulfonamides is 1. The number of hydrogen-bond acceptors (Lipinski definition) is 7. The minimum atomic E-state index is -4.02. The van der Waals surface area contributed by atoms with E-state index < -0.39 is 16.0 Å². The van der Waals surface area contributed by atoms with Crippen molar-refractivity contribution in [2.75, 3.05) is 12.4 Å². The molecule has 3 N–H and O–H groups in total. The van der Waals surface area contributed by atoms with Crippen LogP contribution in [0.15, 0.2) is 47.4 Å². The molecule has 0 saturated heterocycles. The number of hydrogen-bond donors (Lipinski definition) is 3. The van der Waals surface area contributed by atoms with Gasteiger partial charge in [-0.2, -0.15) is 9.78 Å². The number of aromatic carboxylic acids is 1. The first-order valence-corrected chi connectivity index (χ1v) is 13.1. The summed E-state index contributed by atoms with van der Waals surface area (Å²) in [6.45, 7) is 4.98. The van der Waals surface area contributed by atoms with Crippen LogP contribution in [0.2, 0.25) is 0 Å². The molecular weight excluding hydrogens is 500 g/mol. The van der Waals surface area contributed by atoms with Crippen molar-refractivity contribution in [2.24, 2.45) is 5.92 Å². The van der Waals surface area contributed by atoms with Crippen molar-refractivity contribution in [2.45, 2.75) is 44.6 Å². The molecule has 0 spiro atoms. The fourth-order valence-corrected chi connectivity index (χ4v) is 4.92. The van der Waals surface area contributed by atoms with Gasteiger partial charge in [-0.3, -0.25) is 4.79 Å². The number of anilines is 1. The fraction of sp³-hybridized carbons (Fsp3) is 0.320. The molecular formula is C25H28N4O7S. The van der Waals surface area contributed by atoms with Gasteiger partial charge in [0.05, 0.1) is 12.8 Å². The van der Waals surface area contributed by atoms with E-state index in [1.807, 2.05) is 0 Å². The molecule has 1 aliphatic carbocycles. The van der Waals surface area contributed by atoms with Crippen LogP contribution in [0.1, 0.15) is 42.7 Å². The Morgan fingerprint density at radius 2 is 1.81 bits per heavy atom. The van der Waals surface area contributed by atoms with Crippen molar-refractivity contribution >= 4 is 27.6 Å². The van der Waals surface area contributed by atoms with Gasteiger partial charge in [0.1, 0.15) is 16.4 Å². The largest absolute Gasteiger partial charge is 0.497 e. The number of carboxylic acids is 1. The summed E-state index contributed by atoms with van der Waals surface area (Å²) in [7, 11) is -2.50. The Labute approximate surface area is 214 Å². The molecule has 0 atom stereocenters. The molecule has 11 nitrogen and oxygen atoms in total. The van der Waals surface area contributed by atoms with Crippen molar-refractivity contribution in [1.29, 1.82) is 0 Å². The zero-order chi connectivity index (χ0) is 26.9. The second-order valence-corrected chi connectivity index (χ2v) is 10.7. The zero-order valence-electron chi connectivity index (χ0n) is 20.8. The van der Waals surface area contributed by atoms with Crippen LogP contribution in [0.4, 0.5) is 5.69 Å². The SMILES string of the molecule is COc1ccc(-n2nc(C(=O)O)c(C)c2Oc2ccc(NC(=O)C(C)C)cc2S(=O)(=O)NC2CC2)cc1. The maximum atomic E-state index is 13.3. The number of carboxylic acid groups (broad SMARTS) is 1. The van der Waals surface area contributed by atoms with Crippen LogP contribution in [-0.2, 0) is 14.8 Å². The fourth-order valence-electron chi connectivity index (χ4n) is 3.46. The zero-order valence-corrected chi connectivity index (χ0v) is 21.6. The first-order chi connectivity index (χ1) is 17.5. The lowest BCUT2D eigenvalue weighted by Gasteiger charge is -2.16. The van der Waals surface area contributed by atoms with Crippen LogP contribution in [0, 0.1) is 12.8 Å². The number of ether oxygens (including phenoxy) is 2. The number of aromatic nitrogens is 2. The Hall–Kier alpha value is -3.90. The van der Waals surface area contributed by atoms with E-state index in [1.54, 1.807) is 38.1 Å². The number of amides is 1. The van der Waals surface area contributed by atoms with Gasteiger partial charge in [0, 0.05) is 23.2 Å². The van der Waals surface area contributed by atoms with Gasteiger partial charge in [-0.05, 0) is 62.2 Å². The molecule has 1 aliphatic rings. The van der Waals surface area contributed by atoms with E-state index in [4.69, 9.17) is 9.47 Å². The summed E-state index contributed by atoms with van der Waals surface area (Å²) in [5.74, 6) is -1.27. The summed E-state index contributed by atoms with van der Waals surface area (Å²) in [6.07, 6.45) is 1.45. The summed E-state index contributed by atoms with van der Waals surface area (Å²) in [6, 6.07) is 10.8. The topological polar surface area (TPSA) is 149 Å². The Morgan fingerprint density at radius 1 is 1.14 bits per heavy atom. The molecule has 0 bridgehead atoms. The average molecular weight is 529 g/mol. The molecule has 1 amide bonds. The summed E-state index contributed by atoms with van der Waals surface area (Å²) < 4.78 is 41.7. The van der Waals surface area contributed by atoms with Gasteiger partial charge in [0.2, 0.25) is 21.8 Å². The van der Waals surface area contributed by atoms with Crippen molar-refractivity contribution < 1.29 is 32.6 Å². The van der Waals surface area contributed by atoms with Gasteiger partial charge in [-0.1, -0.05) is 13.8 Å².